The van der Waals surface area contributed by atoms with E-state index < -0.39 is 5.91 Å². The van der Waals surface area contributed by atoms with E-state index in [-0.39, 0.29) is 0 Å². The molecule has 0 saturated heterocycles. The number of H-pyrrole nitrogens is 1. The monoisotopic (exact) mass is 397 g/mol. The number of carbonyl (C=O) groups excluding carboxylic acids is 1. The number of benzene rings is 2. The number of nitrogens with zero attached hydrogens (tertiary/aromatic N) is 1. The molecule has 0 saturated carbocycles. The van der Waals surface area contributed by atoms with Crippen molar-refractivity contribution < 1.29 is 23.7 Å². The topological polar surface area (TPSA) is 94.2 Å². The number of hydrogen-bond acceptors (Lipinski definition) is 6. The predicted octanol–water partition coefficient (Wildman–Crippen LogP) is 3.36. The third kappa shape index (κ3) is 4.26. The maximum Gasteiger partial charge on any atom is 0.287 e. The summed E-state index contributed by atoms with van der Waals surface area (Å²) in [6.07, 6.45) is 1.56. The van der Waals surface area contributed by atoms with Gasteiger partial charge in [0.15, 0.2) is 11.5 Å². The molecule has 0 unspecified atom stereocenters. The molecule has 0 aliphatic heterocycles. The number of aromatic nitrogens is 1. The molecule has 0 aliphatic rings. The average Bonchev–Trinajstić information content (AvgIpc) is 3.19. The molecule has 0 bridgehead atoms. The van der Waals surface area contributed by atoms with Gasteiger partial charge in [-0.2, -0.15) is 5.10 Å². The number of ether oxygens (including phenoxy) is 4. The van der Waals surface area contributed by atoms with E-state index in [4.69, 9.17) is 18.9 Å². The Labute approximate surface area is 168 Å². The van der Waals surface area contributed by atoms with Crippen LogP contribution >= 0.6 is 0 Å². The van der Waals surface area contributed by atoms with E-state index in [0.717, 1.165) is 11.3 Å². The molecular weight excluding hydrogens is 374 g/mol. The van der Waals surface area contributed by atoms with E-state index in [2.05, 4.69) is 15.5 Å². The molecule has 8 heteroatoms. The molecule has 8 nitrogen and oxygen atoms in total. The second-order valence-electron chi connectivity index (χ2n) is 5.99. The third-order valence-corrected chi connectivity index (χ3v) is 4.26. The van der Waals surface area contributed by atoms with Crippen LogP contribution in [0.4, 0.5) is 0 Å². The molecule has 2 N–H and O–H groups in total. The highest BCUT2D eigenvalue weighted by molar-refractivity contribution is 6.02. The van der Waals surface area contributed by atoms with Gasteiger partial charge in [-0.15, -0.1) is 0 Å². The maximum atomic E-state index is 12.5. The van der Waals surface area contributed by atoms with Crippen LogP contribution in [0.1, 0.15) is 23.0 Å². The molecule has 1 heterocycles. The van der Waals surface area contributed by atoms with Gasteiger partial charge < -0.3 is 23.9 Å². The molecule has 0 atom stereocenters. The molecule has 1 aromatic heterocycles. The van der Waals surface area contributed by atoms with E-state index in [9.17, 15) is 4.79 Å². The summed E-state index contributed by atoms with van der Waals surface area (Å²) in [6.45, 7) is 2.53. The van der Waals surface area contributed by atoms with E-state index >= 15 is 0 Å². The van der Waals surface area contributed by atoms with Gasteiger partial charge in [-0.05, 0) is 42.8 Å². The Morgan fingerprint density at radius 1 is 1.07 bits per heavy atom. The molecule has 3 aromatic rings. The van der Waals surface area contributed by atoms with Gasteiger partial charge in [-0.1, -0.05) is 0 Å². The van der Waals surface area contributed by atoms with Gasteiger partial charge in [0, 0.05) is 11.5 Å². The molecule has 0 fully saturated rings. The lowest BCUT2D eigenvalue weighted by molar-refractivity contribution is 0.0951. The van der Waals surface area contributed by atoms with Crippen molar-refractivity contribution in [2.24, 2.45) is 5.10 Å². The fourth-order valence-corrected chi connectivity index (χ4v) is 2.90. The summed E-state index contributed by atoms with van der Waals surface area (Å²) >= 11 is 0. The van der Waals surface area contributed by atoms with Crippen molar-refractivity contribution in [2.75, 3.05) is 27.9 Å². The highest BCUT2D eigenvalue weighted by atomic mass is 16.5. The van der Waals surface area contributed by atoms with Crippen LogP contribution in [0.5, 0.6) is 23.0 Å². The molecule has 2 aromatic carbocycles. The Hall–Kier alpha value is -3.68. The Kier molecular flexibility index (Phi) is 6.23. The fraction of sp³-hybridized carbons (Fsp3) is 0.238. The first-order valence-electron chi connectivity index (χ1n) is 8.99. The summed E-state index contributed by atoms with van der Waals surface area (Å²) in [5, 5.41) is 4.71. The molecule has 152 valence electrons. The maximum absolute atomic E-state index is 12.5. The number of rotatable bonds is 8. The number of aromatic amines is 1. The summed E-state index contributed by atoms with van der Waals surface area (Å²) in [5.41, 5.74) is 4.25. The Morgan fingerprint density at radius 3 is 2.41 bits per heavy atom. The highest BCUT2D eigenvalue weighted by Gasteiger charge is 2.19. The van der Waals surface area contributed by atoms with Gasteiger partial charge in [0.05, 0.1) is 39.7 Å². The fourth-order valence-electron chi connectivity index (χ4n) is 2.90. The van der Waals surface area contributed by atoms with E-state index in [1.807, 2.05) is 31.2 Å². The van der Waals surface area contributed by atoms with Gasteiger partial charge in [0.2, 0.25) is 0 Å². The number of amides is 1. The van der Waals surface area contributed by atoms with Gasteiger partial charge in [-0.25, -0.2) is 5.43 Å². The minimum Gasteiger partial charge on any atom is -0.496 e. The second kappa shape index (κ2) is 9.01. The summed E-state index contributed by atoms with van der Waals surface area (Å²) < 4.78 is 21.6. The third-order valence-electron chi connectivity index (χ3n) is 4.26. The van der Waals surface area contributed by atoms with Crippen molar-refractivity contribution in [1.82, 2.24) is 10.4 Å². The van der Waals surface area contributed by atoms with Crippen molar-refractivity contribution in [1.29, 1.82) is 0 Å². The molecule has 0 aliphatic carbocycles. The Balaban J connectivity index is 1.80. The molecular formula is C21H23N3O5. The second-order valence-corrected chi connectivity index (χ2v) is 5.99. The molecule has 0 radical (unpaired) electrons. The van der Waals surface area contributed by atoms with Gasteiger partial charge in [0.1, 0.15) is 17.2 Å². The molecule has 3 rings (SSSR count). The SMILES string of the molecule is CCOc1ccc(C=NNC(=O)c2cc3c(OC)cc(OC)c(OC)c3[nH]2)cc1. The minimum atomic E-state index is -0.397. The molecule has 1 amide bonds. The Morgan fingerprint density at radius 2 is 1.79 bits per heavy atom. The summed E-state index contributed by atoms with van der Waals surface area (Å²) in [7, 11) is 4.62. The molecule has 0 spiro atoms. The van der Waals surface area contributed by atoms with Crippen molar-refractivity contribution in [2.45, 2.75) is 6.92 Å². The number of methoxy groups -OCH3 is 3. The minimum absolute atomic E-state index is 0.314. The zero-order valence-electron chi connectivity index (χ0n) is 16.7. The van der Waals surface area contributed by atoms with Crippen LogP contribution in [0.3, 0.4) is 0 Å². The van der Waals surface area contributed by atoms with Gasteiger partial charge in [0.25, 0.3) is 5.91 Å². The van der Waals surface area contributed by atoms with Crippen molar-refractivity contribution in [3.8, 4) is 23.0 Å². The largest absolute Gasteiger partial charge is 0.496 e. The lowest BCUT2D eigenvalue weighted by Crippen LogP contribution is -2.17. The van der Waals surface area contributed by atoms with Crippen LogP contribution < -0.4 is 24.4 Å². The summed E-state index contributed by atoms with van der Waals surface area (Å²) in [5.74, 6) is 1.93. The summed E-state index contributed by atoms with van der Waals surface area (Å²) in [6, 6.07) is 10.8. The molecule has 29 heavy (non-hydrogen) atoms. The lowest BCUT2D eigenvalue weighted by Gasteiger charge is -2.11. The average molecular weight is 397 g/mol. The first kappa shape index (κ1) is 20.1. The predicted molar refractivity (Wildman–Crippen MR) is 111 cm³/mol. The Bertz CT molecular complexity index is 1020. The van der Waals surface area contributed by atoms with Crippen LogP contribution in [0.25, 0.3) is 10.9 Å². The van der Waals surface area contributed by atoms with Crippen molar-refractivity contribution >= 4 is 23.0 Å². The van der Waals surface area contributed by atoms with E-state index in [0.29, 0.717) is 40.5 Å². The van der Waals surface area contributed by atoms with Crippen molar-refractivity contribution in [3.05, 3.63) is 47.7 Å². The standard InChI is InChI=1S/C21H23N3O5/c1-5-29-14-8-6-13(7-9-14)12-22-24-21(25)16-10-15-17(26-2)11-18(27-3)20(28-4)19(15)23-16/h6-12,23H,5H2,1-4H3,(H,24,25). The van der Waals surface area contributed by atoms with Crippen molar-refractivity contribution in [3.63, 3.8) is 0 Å². The normalized spacial score (nSPS) is 10.9. The van der Waals surface area contributed by atoms with Crippen LogP contribution in [0, 0.1) is 0 Å². The number of hydrogen-bond donors (Lipinski definition) is 2. The van der Waals surface area contributed by atoms with E-state index in [1.54, 1.807) is 25.5 Å². The van der Waals surface area contributed by atoms with Crippen LogP contribution in [-0.4, -0.2) is 45.0 Å². The van der Waals surface area contributed by atoms with Crippen LogP contribution in [0.2, 0.25) is 0 Å². The summed E-state index contributed by atoms with van der Waals surface area (Å²) in [4.78, 5) is 15.6. The van der Waals surface area contributed by atoms with Gasteiger partial charge >= 0.3 is 0 Å². The number of nitrogens with one attached hydrogen (secondary N) is 2. The quantitative estimate of drug-likeness (QED) is 0.449. The van der Waals surface area contributed by atoms with E-state index in [1.165, 1.54) is 14.2 Å². The number of fused-ring (bicyclic) bond motifs is 1. The first-order chi connectivity index (χ1) is 14.1. The van der Waals surface area contributed by atoms with Gasteiger partial charge in [-0.3, -0.25) is 4.79 Å². The van der Waals surface area contributed by atoms with Crippen LogP contribution in [-0.2, 0) is 0 Å². The number of carbonyl (C=O) groups is 1. The number of hydrazone groups is 1. The zero-order valence-corrected chi connectivity index (χ0v) is 16.7. The van der Waals surface area contributed by atoms with Crippen LogP contribution in [0.15, 0.2) is 41.5 Å². The zero-order chi connectivity index (χ0) is 20.8. The highest BCUT2D eigenvalue weighted by Crippen LogP contribution is 2.41. The lowest BCUT2D eigenvalue weighted by atomic mass is 10.2. The smallest absolute Gasteiger partial charge is 0.287 e. The first-order valence-corrected chi connectivity index (χ1v) is 8.99.